The highest BCUT2D eigenvalue weighted by molar-refractivity contribution is 5.69. The average molecular weight is 420 g/mol. The highest BCUT2D eigenvalue weighted by Gasteiger charge is 2.05. The van der Waals surface area contributed by atoms with Gasteiger partial charge >= 0.3 is 5.97 Å². The monoisotopic (exact) mass is 419 g/mol. The third-order valence-electron chi connectivity index (χ3n) is 4.90. The van der Waals surface area contributed by atoms with E-state index < -0.39 is 0 Å². The number of hydrogen-bond acceptors (Lipinski definition) is 5. The molecule has 31 heavy (non-hydrogen) atoms. The van der Waals surface area contributed by atoms with Crippen molar-refractivity contribution in [3.05, 3.63) is 78.9 Å². The molecule has 0 aliphatic rings. The van der Waals surface area contributed by atoms with Gasteiger partial charge in [-0.1, -0.05) is 42.5 Å². The van der Waals surface area contributed by atoms with Gasteiger partial charge in [-0.2, -0.15) is 0 Å². The second kappa shape index (κ2) is 11.8. The van der Waals surface area contributed by atoms with Crippen molar-refractivity contribution in [3.8, 4) is 28.4 Å². The molecule has 162 valence electrons. The first-order valence-electron chi connectivity index (χ1n) is 10.5. The second-order valence-electron chi connectivity index (χ2n) is 7.30. The summed E-state index contributed by atoms with van der Waals surface area (Å²) >= 11 is 0. The van der Waals surface area contributed by atoms with Crippen LogP contribution in [0.25, 0.3) is 11.1 Å². The maximum Gasteiger partial charge on any atom is 0.306 e. The van der Waals surface area contributed by atoms with Crippen molar-refractivity contribution in [2.45, 2.75) is 12.8 Å². The van der Waals surface area contributed by atoms with Crippen LogP contribution >= 0.6 is 0 Å². The molecule has 0 fully saturated rings. The molecule has 5 heteroatoms. The van der Waals surface area contributed by atoms with Crippen LogP contribution in [0.5, 0.6) is 17.2 Å². The molecule has 0 spiro atoms. The smallest absolute Gasteiger partial charge is 0.306 e. The first-order valence-corrected chi connectivity index (χ1v) is 10.5. The first-order chi connectivity index (χ1) is 15.1. The second-order valence-corrected chi connectivity index (χ2v) is 7.30. The van der Waals surface area contributed by atoms with Gasteiger partial charge in [0.05, 0.1) is 20.1 Å². The van der Waals surface area contributed by atoms with Crippen LogP contribution in [0.15, 0.2) is 78.9 Å². The van der Waals surface area contributed by atoms with E-state index in [0.717, 1.165) is 35.8 Å². The fraction of sp³-hybridized carbons (Fsp3) is 0.269. The van der Waals surface area contributed by atoms with E-state index in [0.29, 0.717) is 19.6 Å². The van der Waals surface area contributed by atoms with Crippen molar-refractivity contribution in [1.82, 2.24) is 4.90 Å². The van der Waals surface area contributed by atoms with Gasteiger partial charge in [0.25, 0.3) is 0 Å². The van der Waals surface area contributed by atoms with Crippen LogP contribution < -0.4 is 9.47 Å². The summed E-state index contributed by atoms with van der Waals surface area (Å²) in [6.07, 6.45) is 1.29. The molecule has 0 amide bonds. The average Bonchev–Trinajstić information content (AvgIpc) is 2.82. The Morgan fingerprint density at radius 1 is 0.774 bits per heavy atom. The van der Waals surface area contributed by atoms with Crippen molar-refractivity contribution >= 4 is 5.97 Å². The largest absolute Gasteiger partial charge is 0.494 e. The molecule has 0 bridgehead atoms. The van der Waals surface area contributed by atoms with Crippen LogP contribution in [0.3, 0.4) is 0 Å². The van der Waals surface area contributed by atoms with E-state index in [9.17, 15) is 4.79 Å². The highest BCUT2D eigenvalue weighted by Crippen LogP contribution is 2.27. The fourth-order valence-electron chi connectivity index (χ4n) is 3.11. The molecule has 0 saturated heterocycles. The molecule has 3 aromatic carbocycles. The van der Waals surface area contributed by atoms with Crippen LogP contribution in [0, 0.1) is 0 Å². The molecule has 0 atom stereocenters. The number of esters is 1. The number of ether oxygens (including phenoxy) is 3. The molecular weight excluding hydrogens is 390 g/mol. The quantitative estimate of drug-likeness (QED) is 0.307. The molecule has 0 aliphatic heterocycles. The predicted octanol–water partition coefficient (Wildman–Crippen LogP) is 5.41. The predicted molar refractivity (Wildman–Crippen MR) is 123 cm³/mol. The van der Waals surface area contributed by atoms with Crippen LogP contribution in [0.2, 0.25) is 0 Å². The van der Waals surface area contributed by atoms with Gasteiger partial charge < -0.3 is 19.1 Å². The molecule has 3 rings (SSSR count). The Labute approximate surface area is 184 Å². The van der Waals surface area contributed by atoms with Crippen LogP contribution in [-0.2, 0) is 9.53 Å². The zero-order valence-corrected chi connectivity index (χ0v) is 18.1. The Kier molecular flexibility index (Phi) is 8.49. The minimum atomic E-state index is -0.183. The van der Waals surface area contributed by atoms with Gasteiger partial charge in [-0.25, -0.2) is 0 Å². The number of nitrogens with zero attached hydrogens (tertiary/aromatic N) is 1. The summed E-state index contributed by atoms with van der Waals surface area (Å²) in [5.41, 5.74) is 2.35. The molecule has 0 N–H and O–H groups in total. The number of carbonyl (C=O) groups excluding carboxylic acids is 1. The van der Waals surface area contributed by atoms with Gasteiger partial charge in [0.2, 0.25) is 0 Å². The zero-order chi connectivity index (χ0) is 21.9. The van der Waals surface area contributed by atoms with Crippen molar-refractivity contribution < 1.29 is 19.0 Å². The Morgan fingerprint density at radius 2 is 1.35 bits per heavy atom. The molecule has 0 unspecified atom stereocenters. The molecule has 0 aliphatic carbocycles. The van der Waals surface area contributed by atoms with Crippen molar-refractivity contribution in [2.75, 3.05) is 33.9 Å². The normalized spacial score (nSPS) is 10.7. The summed E-state index contributed by atoms with van der Waals surface area (Å²) in [6.45, 7) is 2.16. The molecule has 0 aromatic heterocycles. The van der Waals surface area contributed by atoms with Gasteiger partial charge in [0, 0.05) is 13.1 Å². The van der Waals surface area contributed by atoms with Gasteiger partial charge in [-0.3, -0.25) is 4.79 Å². The number of rotatable bonds is 11. The number of hydrogen-bond donors (Lipinski definition) is 0. The lowest BCUT2D eigenvalue weighted by Crippen LogP contribution is -2.24. The summed E-state index contributed by atoms with van der Waals surface area (Å²) < 4.78 is 16.4. The maximum absolute atomic E-state index is 11.2. The lowest BCUT2D eigenvalue weighted by atomic mass is 10.1. The van der Waals surface area contributed by atoms with E-state index in [1.807, 2.05) is 61.6 Å². The Bertz CT molecular complexity index is 924. The minimum absolute atomic E-state index is 0.183. The maximum atomic E-state index is 11.2. The summed E-state index contributed by atoms with van der Waals surface area (Å²) in [6, 6.07) is 26.0. The fourth-order valence-corrected chi connectivity index (χ4v) is 3.11. The Balaban J connectivity index is 1.40. The number of benzene rings is 3. The van der Waals surface area contributed by atoms with Gasteiger partial charge in [0.15, 0.2) is 0 Å². The van der Waals surface area contributed by atoms with Gasteiger partial charge in [-0.15, -0.1) is 0 Å². The third-order valence-corrected chi connectivity index (χ3v) is 4.90. The first kappa shape index (κ1) is 22.4. The van der Waals surface area contributed by atoms with E-state index in [1.165, 1.54) is 12.7 Å². The molecular formula is C26H29NO4. The van der Waals surface area contributed by atoms with E-state index in [-0.39, 0.29) is 5.97 Å². The summed E-state index contributed by atoms with van der Waals surface area (Å²) in [4.78, 5) is 13.3. The van der Waals surface area contributed by atoms with Crippen molar-refractivity contribution in [3.63, 3.8) is 0 Å². The summed E-state index contributed by atoms with van der Waals surface area (Å²) in [5.74, 6) is 2.19. The van der Waals surface area contributed by atoms with Gasteiger partial charge in [-0.05, 0) is 61.0 Å². The van der Waals surface area contributed by atoms with E-state index >= 15 is 0 Å². The van der Waals surface area contributed by atoms with Crippen LogP contribution in [0.1, 0.15) is 12.8 Å². The van der Waals surface area contributed by atoms with Crippen molar-refractivity contribution in [1.29, 1.82) is 0 Å². The molecule has 0 radical (unpaired) electrons. The zero-order valence-electron chi connectivity index (χ0n) is 18.1. The van der Waals surface area contributed by atoms with Crippen molar-refractivity contribution in [2.24, 2.45) is 0 Å². The summed E-state index contributed by atoms with van der Waals surface area (Å²) in [7, 11) is 3.40. The van der Waals surface area contributed by atoms with E-state index in [2.05, 4.69) is 33.9 Å². The Morgan fingerprint density at radius 3 is 2.00 bits per heavy atom. The van der Waals surface area contributed by atoms with E-state index in [4.69, 9.17) is 9.47 Å². The molecule has 3 aromatic rings. The SMILES string of the molecule is COC(=O)CCN(C)CCCOc1ccc(Oc2ccc(-c3ccccc3)cc2)cc1. The lowest BCUT2D eigenvalue weighted by Gasteiger charge is -2.16. The van der Waals surface area contributed by atoms with Gasteiger partial charge in [0.1, 0.15) is 17.2 Å². The molecule has 5 nitrogen and oxygen atoms in total. The third kappa shape index (κ3) is 7.46. The summed E-state index contributed by atoms with van der Waals surface area (Å²) in [5, 5.41) is 0. The lowest BCUT2D eigenvalue weighted by molar-refractivity contribution is -0.140. The van der Waals surface area contributed by atoms with Crippen LogP contribution in [0.4, 0.5) is 0 Å². The topological polar surface area (TPSA) is 48.0 Å². The van der Waals surface area contributed by atoms with Crippen LogP contribution in [-0.4, -0.2) is 44.7 Å². The molecule has 0 saturated carbocycles. The Hall–Kier alpha value is -3.31. The highest BCUT2D eigenvalue weighted by atomic mass is 16.5. The minimum Gasteiger partial charge on any atom is -0.494 e. The number of carbonyl (C=O) groups is 1. The number of methoxy groups -OCH3 is 1. The molecule has 0 heterocycles. The van der Waals surface area contributed by atoms with E-state index in [1.54, 1.807) is 0 Å². The standard InChI is InChI=1S/C26H29NO4/c1-27(19-17-26(28)29-2)18-6-20-30-23-13-15-25(16-14-23)31-24-11-9-22(10-12-24)21-7-4-3-5-8-21/h3-5,7-16H,6,17-20H2,1-2H3.